The number of benzene rings is 1. The van der Waals surface area contributed by atoms with Gasteiger partial charge in [-0.3, -0.25) is 0 Å². The summed E-state index contributed by atoms with van der Waals surface area (Å²) in [5.74, 6) is 0.664. The van der Waals surface area contributed by atoms with Gasteiger partial charge in [-0.15, -0.1) is 0 Å². The summed E-state index contributed by atoms with van der Waals surface area (Å²) >= 11 is 12.0. The van der Waals surface area contributed by atoms with Gasteiger partial charge in [-0.05, 0) is 30.4 Å². The first-order chi connectivity index (χ1) is 8.33. The highest BCUT2D eigenvalue weighted by Gasteiger charge is 2.12. The van der Waals surface area contributed by atoms with Crippen LogP contribution in [0.4, 0.5) is 0 Å². The van der Waals surface area contributed by atoms with Crippen molar-refractivity contribution in [1.82, 2.24) is 0 Å². The molecule has 0 amide bonds. The van der Waals surface area contributed by atoms with Crippen LogP contribution in [0.1, 0.15) is 39.2 Å². The fraction of sp³-hybridized carbons (Fsp3) is 0.571. The number of hydrogen-bond donors (Lipinski definition) is 1. The van der Waals surface area contributed by atoms with Crippen molar-refractivity contribution in [3.63, 3.8) is 0 Å². The highest BCUT2D eigenvalue weighted by Crippen LogP contribution is 2.32. The van der Waals surface area contributed by atoms with Gasteiger partial charge in [0, 0.05) is 17.1 Å². The standard InChI is InChI=1S/C14H21Cl2NO/c1-14(2,3)5-4-6-18-13-10(9-17)7-11(15)8-12(13)16/h7-8H,4-6,9,17H2,1-3H3. The Morgan fingerprint density at radius 1 is 1.22 bits per heavy atom. The average molecular weight is 290 g/mol. The predicted molar refractivity (Wildman–Crippen MR) is 78.5 cm³/mol. The van der Waals surface area contributed by atoms with Crippen LogP contribution in [-0.2, 0) is 6.54 Å². The Hall–Kier alpha value is -0.440. The minimum atomic E-state index is 0.323. The van der Waals surface area contributed by atoms with Crippen LogP contribution in [0.15, 0.2) is 12.1 Å². The fourth-order valence-electron chi connectivity index (χ4n) is 1.70. The topological polar surface area (TPSA) is 35.2 Å². The smallest absolute Gasteiger partial charge is 0.142 e. The summed E-state index contributed by atoms with van der Waals surface area (Å²) in [4.78, 5) is 0. The van der Waals surface area contributed by atoms with E-state index in [-0.39, 0.29) is 0 Å². The number of nitrogens with two attached hydrogens (primary N) is 1. The molecule has 18 heavy (non-hydrogen) atoms. The van der Waals surface area contributed by atoms with Gasteiger partial charge in [0.25, 0.3) is 0 Å². The van der Waals surface area contributed by atoms with Gasteiger partial charge >= 0.3 is 0 Å². The molecular weight excluding hydrogens is 269 g/mol. The molecule has 0 atom stereocenters. The number of rotatable bonds is 5. The molecule has 102 valence electrons. The minimum absolute atomic E-state index is 0.323. The number of hydrogen-bond acceptors (Lipinski definition) is 2. The van der Waals surface area contributed by atoms with Crippen molar-refractivity contribution in [3.05, 3.63) is 27.7 Å². The third-order valence-electron chi connectivity index (χ3n) is 2.62. The maximum atomic E-state index is 6.12. The van der Waals surface area contributed by atoms with E-state index in [2.05, 4.69) is 20.8 Å². The molecule has 0 radical (unpaired) electrons. The largest absolute Gasteiger partial charge is 0.492 e. The zero-order valence-electron chi connectivity index (χ0n) is 11.2. The third-order valence-corrected chi connectivity index (χ3v) is 3.12. The Morgan fingerprint density at radius 3 is 2.44 bits per heavy atom. The van der Waals surface area contributed by atoms with Crippen molar-refractivity contribution < 1.29 is 4.74 Å². The molecule has 1 aromatic rings. The van der Waals surface area contributed by atoms with Crippen LogP contribution in [0.25, 0.3) is 0 Å². The van der Waals surface area contributed by atoms with Gasteiger partial charge in [-0.1, -0.05) is 44.0 Å². The zero-order valence-corrected chi connectivity index (χ0v) is 12.7. The van der Waals surface area contributed by atoms with Gasteiger partial charge in [0.2, 0.25) is 0 Å². The summed E-state index contributed by atoms with van der Waals surface area (Å²) in [7, 11) is 0. The lowest BCUT2D eigenvalue weighted by atomic mass is 9.91. The number of halogens is 2. The molecule has 2 N–H and O–H groups in total. The Morgan fingerprint density at radius 2 is 1.89 bits per heavy atom. The molecule has 0 spiro atoms. The van der Waals surface area contributed by atoms with Gasteiger partial charge in [0.05, 0.1) is 11.6 Å². The average Bonchev–Trinajstić information content (AvgIpc) is 2.24. The first-order valence-corrected chi connectivity index (χ1v) is 6.90. The molecule has 0 unspecified atom stereocenters. The molecule has 0 heterocycles. The van der Waals surface area contributed by atoms with Gasteiger partial charge in [0.15, 0.2) is 0 Å². The van der Waals surface area contributed by atoms with Crippen LogP contribution in [0.3, 0.4) is 0 Å². The molecule has 0 fully saturated rings. The first-order valence-electron chi connectivity index (χ1n) is 6.14. The molecule has 0 aliphatic rings. The molecule has 1 rings (SSSR count). The monoisotopic (exact) mass is 289 g/mol. The Labute approximate surface area is 119 Å². The Balaban J connectivity index is 2.62. The van der Waals surface area contributed by atoms with Crippen molar-refractivity contribution in [1.29, 1.82) is 0 Å². The van der Waals surface area contributed by atoms with E-state index in [4.69, 9.17) is 33.7 Å². The molecule has 0 saturated heterocycles. The summed E-state index contributed by atoms with van der Waals surface area (Å²) < 4.78 is 5.74. The van der Waals surface area contributed by atoms with Crippen LogP contribution in [-0.4, -0.2) is 6.61 Å². The number of ether oxygens (including phenoxy) is 1. The van der Waals surface area contributed by atoms with Gasteiger partial charge < -0.3 is 10.5 Å². The van der Waals surface area contributed by atoms with E-state index in [0.29, 0.717) is 34.4 Å². The van der Waals surface area contributed by atoms with Crippen molar-refractivity contribution in [2.24, 2.45) is 11.1 Å². The van der Waals surface area contributed by atoms with E-state index >= 15 is 0 Å². The van der Waals surface area contributed by atoms with E-state index in [1.165, 1.54) is 0 Å². The fourth-order valence-corrected chi connectivity index (χ4v) is 2.29. The van der Waals surface area contributed by atoms with Crippen molar-refractivity contribution in [2.75, 3.05) is 6.61 Å². The molecule has 1 aromatic carbocycles. The quantitative estimate of drug-likeness (QED) is 0.801. The SMILES string of the molecule is CC(C)(C)CCCOc1c(Cl)cc(Cl)cc1CN. The minimum Gasteiger partial charge on any atom is -0.492 e. The molecule has 0 aliphatic heterocycles. The summed E-state index contributed by atoms with van der Waals surface area (Å²) in [5.41, 5.74) is 6.84. The summed E-state index contributed by atoms with van der Waals surface area (Å²) in [5, 5.41) is 1.11. The zero-order chi connectivity index (χ0) is 13.8. The van der Waals surface area contributed by atoms with Crippen LogP contribution >= 0.6 is 23.2 Å². The highest BCUT2D eigenvalue weighted by atomic mass is 35.5. The van der Waals surface area contributed by atoms with Crippen molar-refractivity contribution >= 4 is 23.2 Å². The lowest BCUT2D eigenvalue weighted by Crippen LogP contribution is -2.09. The maximum absolute atomic E-state index is 6.12. The predicted octanol–water partition coefficient (Wildman–Crippen LogP) is 4.66. The molecule has 4 heteroatoms. The molecule has 0 aromatic heterocycles. The summed E-state index contributed by atoms with van der Waals surface area (Å²) in [6.07, 6.45) is 2.10. The molecule has 0 bridgehead atoms. The maximum Gasteiger partial charge on any atom is 0.142 e. The third kappa shape index (κ3) is 5.05. The molecular formula is C14H21Cl2NO. The van der Waals surface area contributed by atoms with Crippen molar-refractivity contribution in [2.45, 2.75) is 40.2 Å². The van der Waals surface area contributed by atoms with Gasteiger partial charge in [-0.2, -0.15) is 0 Å². The van der Waals surface area contributed by atoms with Crippen LogP contribution in [0.5, 0.6) is 5.75 Å². The second-order valence-corrected chi connectivity index (χ2v) is 6.44. The molecule has 2 nitrogen and oxygen atoms in total. The Bertz CT molecular complexity index is 400. The van der Waals surface area contributed by atoms with E-state index in [0.717, 1.165) is 18.4 Å². The first kappa shape index (κ1) is 15.6. The normalized spacial score (nSPS) is 11.7. The van der Waals surface area contributed by atoms with Gasteiger partial charge in [-0.25, -0.2) is 0 Å². The molecule has 0 saturated carbocycles. The second kappa shape index (κ2) is 6.65. The summed E-state index contributed by atoms with van der Waals surface area (Å²) in [6, 6.07) is 3.48. The van der Waals surface area contributed by atoms with Crippen molar-refractivity contribution in [3.8, 4) is 5.75 Å². The highest BCUT2D eigenvalue weighted by molar-refractivity contribution is 6.35. The molecule has 0 aliphatic carbocycles. The van der Waals surface area contributed by atoms with E-state index in [1.54, 1.807) is 12.1 Å². The lowest BCUT2D eigenvalue weighted by molar-refractivity contribution is 0.267. The van der Waals surface area contributed by atoms with E-state index < -0.39 is 0 Å². The summed E-state index contributed by atoms with van der Waals surface area (Å²) in [6.45, 7) is 7.66. The Kier molecular flexibility index (Phi) is 5.77. The van der Waals surface area contributed by atoms with E-state index in [9.17, 15) is 0 Å². The van der Waals surface area contributed by atoms with Gasteiger partial charge in [0.1, 0.15) is 5.75 Å². The lowest BCUT2D eigenvalue weighted by Gasteiger charge is -2.18. The van der Waals surface area contributed by atoms with E-state index in [1.807, 2.05) is 0 Å². The van der Waals surface area contributed by atoms with Crippen LogP contribution in [0.2, 0.25) is 10.0 Å². The van der Waals surface area contributed by atoms with Crippen LogP contribution < -0.4 is 10.5 Å². The second-order valence-electron chi connectivity index (χ2n) is 5.59. The van der Waals surface area contributed by atoms with Crippen LogP contribution in [0, 0.1) is 5.41 Å².